The van der Waals surface area contributed by atoms with Gasteiger partial charge in [-0.3, -0.25) is 4.79 Å². The van der Waals surface area contributed by atoms with Gasteiger partial charge in [0.2, 0.25) is 0 Å². The Morgan fingerprint density at radius 3 is 2.80 bits per heavy atom. The number of aryl methyl sites for hydroxylation is 1. The van der Waals surface area contributed by atoms with Gasteiger partial charge in [-0.15, -0.1) is 5.10 Å². The van der Waals surface area contributed by atoms with Gasteiger partial charge in [-0.05, 0) is 32.3 Å². The highest BCUT2D eigenvalue weighted by atomic mass is 32.1. The van der Waals surface area contributed by atoms with Crippen molar-refractivity contribution in [3.63, 3.8) is 0 Å². The summed E-state index contributed by atoms with van der Waals surface area (Å²) in [5, 5.41) is 15.2. The van der Waals surface area contributed by atoms with E-state index in [0.717, 1.165) is 11.5 Å². The number of aromatic nitrogens is 2. The van der Waals surface area contributed by atoms with Crippen LogP contribution in [-0.2, 0) is 0 Å². The Kier molecular flexibility index (Phi) is 3.37. The molecule has 0 unspecified atom stereocenters. The molecule has 0 saturated heterocycles. The third-order valence-corrected chi connectivity index (χ3v) is 2.68. The van der Waals surface area contributed by atoms with E-state index in [9.17, 15) is 4.79 Å². The summed E-state index contributed by atoms with van der Waals surface area (Å²) in [6.07, 6.45) is 0. The molecule has 1 heterocycles. The molecule has 0 aromatic carbocycles. The standard InChI is InChI=1S/C9H12N4OS/c1-6-7(15-13-12-6)8(14)11-5-9(2,3)4-10/h5H2,1-3H3,(H,11,14). The van der Waals surface area contributed by atoms with Crippen LogP contribution in [-0.4, -0.2) is 22.0 Å². The fourth-order valence-electron chi connectivity index (χ4n) is 0.861. The first kappa shape index (κ1) is 11.6. The molecular weight excluding hydrogens is 212 g/mol. The van der Waals surface area contributed by atoms with Gasteiger partial charge in [0, 0.05) is 6.54 Å². The van der Waals surface area contributed by atoms with Gasteiger partial charge in [0.05, 0.1) is 17.2 Å². The summed E-state index contributed by atoms with van der Waals surface area (Å²) in [5.74, 6) is -0.217. The molecule has 0 fully saturated rings. The Morgan fingerprint density at radius 1 is 1.67 bits per heavy atom. The normalized spacial score (nSPS) is 10.8. The average molecular weight is 224 g/mol. The number of rotatable bonds is 3. The van der Waals surface area contributed by atoms with Crippen molar-refractivity contribution >= 4 is 17.4 Å². The highest BCUT2D eigenvalue weighted by Crippen LogP contribution is 2.13. The summed E-state index contributed by atoms with van der Waals surface area (Å²) in [5.41, 5.74) is 0.0639. The number of carbonyl (C=O) groups is 1. The number of hydrogen-bond acceptors (Lipinski definition) is 5. The van der Waals surface area contributed by atoms with Crippen LogP contribution in [0.25, 0.3) is 0 Å². The van der Waals surface area contributed by atoms with E-state index < -0.39 is 5.41 Å². The number of nitrogens with one attached hydrogen (secondary N) is 1. The van der Waals surface area contributed by atoms with Crippen LogP contribution in [0.4, 0.5) is 0 Å². The van der Waals surface area contributed by atoms with Gasteiger partial charge in [-0.25, -0.2) is 0 Å². The summed E-state index contributed by atoms with van der Waals surface area (Å²) in [6, 6.07) is 2.11. The van der Waals surface area contributed by atoms with Crippen LogP contribution in [0.1, 0.15) is 29.2 Å². The lowest BCUT2D eigenvalue weighted by atomic mass is 9.96. The molecule has 0 aliphatic rings. The van der Waals surface area contributed by atoms with Crippen molar-refractivity contribution in [2.45, 2.75) is 20.8 Å². The van der Waals surface area contributed by atoms with E-state index in [1.165, 1.54) is 0 Å². The zero-order chi connectivity index (χ0) is 11.5. The smallest absolute Gasteiger partial charge is 0.264 e. The summed E-state index contributed by atoms with van der Waals surface area (Å²) >= 11 is 1.06. The maximum atomic E-state index is 11.6. The first-order valence-electron chi connectivity index (χ1n) is 4.45. The molecule has 1 aromatic rings. The van der Waals surface area contributed by atoms with Crippen LogP contribution in [0.5, 0.6) is 0 Å². The molecular formula is C9H12N4OS. The van der Waals surface area contributed by atoms with Gasteiger partial charge in [0.1, 0.15) is 4.88 Å². The molecule has 0 bridgehead atoms. The molecule has 0 aliphatic carbocycles. The molecule has 15 heavy (non-hydrogen) atoms. The quantitative estimate of drug-likeness (QED) is 0.834. The Balaban J connectivity index is 2.59. The molecule has 1 aromatic heterocycles. The number of hydrogen-bond donors (Lipinski definition) is 1. The maximum Gasteiger partial charge on any atom is 0.264 e. The van der Waals surface area contributed by atoms with Crippen LogP contribution in [0, 0.1) is 23.7 Å². The number of carbonyl (C=O) groups excluding carboxylic acids is 1. The lowest BCUT2D eigenvalue weighted by Gasteiger charge is -2.15. The van der Waals surface area contributed by atoms with Crippen molar-refractivity contribution in [3.8, 4) is 6.07 Å². The van der Waals surface area contributed by atoms with Crippen LogP contribution in [0.15, 0.2) is 0 Å². The van der Waals surface area contributed by atoms with Crippen molar-refractivity contribution in [2.75, 3.05) is 6.54 Å². The summed E-state index contributed by atoms with van der Waals surface area (Å²) in [6.45, 7) is 5.59. The lowest BCUT2D eigenvalue weighted by molar-refractivity contribution is 0.0947. The monoisotopic (exact) mass is 224 g/mol. The van der Waals surface area contributed by atoms with Crippen LogP contribution < -0.4 is 5.32 Å². The molecule has 5 nitrogen and oxygen atoms in total. The lowest BCUT2D eigenvalue weighted by Crippen LogP contribution is -2.33. The zero-order valence-electron chi connectivity index (χ0n) is 8.87. The van der Waals surface area contributed by atoms with Crippen molar-refractivity contribution in [1.82, 2.24) is 14.9 Å². The van der Waals surface area contributed by atoms with Crippen molar-refractivity contribution < 1.29 is 4.79 Å². The summed E-state index contributed by atoms with van der Waals surface area (Å²) < 4.78 is 3.67. The second-order valence-corrected chi connectivity index (χ2v) is 4.62. The van der Waals surface area contributed by atoms with Crippen LogP contribution in [0.2, 0.25) is 0 Å². The fraction of sp³-hybridized carbons (Fsp3) is 0.556. The van der Waals surface area contributed by atoms with Gasteiger partial charge in [-0.1, -0.05) is 4.49 Å². The molecule has 1 rings (SSSR count). The minimum Gasteiger partial charge on any atom is -0.350 e. The van der Waals surface area contributed by atoms with Gasteiger partial charge >= 0.3 is 0 Å². The third-order valence-electron chi connectivity index (χ3n) is 1.85. The van der Waals surface area contributed by atoms with E-state index in [4.69, 9.17) is 5.26 Å². The largest absolute Gasteiger partial charge is 0.350 e. The van der Waals surface area contributed by atoms with E-state index in [1.54, 1.807) is 20.8 Å². The molecule has 0 aliphatic heterocycles. The molecule has 0 atom stereocenters. The fourth-order valence-corrected chi connectivity index (χ4v) is 1.43. The number of amides is 1. The zero-order valence-corrected chi connectivity index (χ0v) is 9.68. The van der Waals surface area contributed by atoms with Crippen molar-refractivity contribution in [3.05, 3.63) is 10.6 Å². The maximum absolute atomic E-state index is 11.6. The first-order chi connectivity index (χ1) is 6.96. The predicted octanol–water partition coefficient (Wildman–Crippen LogP) is 1.13. The predicted molar refractivity (Wildman–Crippen MR) is 56.4 cm³/mol. The highest BCUT2D eigenvalue weighted by molar-refractivity contribution is 7.07. The molecule has 80 valence electrons. The molecule has 0 spiro atoms. The SMILES string of the molecule is Cc1nnsc1C(=O)NCC(C)(C)C#N. The summed E-state index contributed by atoms with van der Waals surface area (Å²) in [7, 11) is 0. The molecule has 6 heteroatoms. The Labute approximate surface area is 92.3 Å². The van der Waals surface area contributed by atoms with Gasteiger partial charge in [0.25, 0.3) is 5.91 Å². The van der Waals surface area contributed by atoms with E-state index in [1.807, 2.05) is 0 Å². The Morgan fingerprint density at radius 2 is 2.33 bits per heavy atom. The third kappa shape index (κ3) is 2.99. The topological polar surface area (TPSA) is 78.7 Å². The van der Waals surface area contributed by atoms with E-state index in [-0.39, 0.29) is 5.91 Å². The second kappa shape index (κ2) is 4.36. The molecule has 0 saturated carbocycles. The van der Waals surface area contributed by atoms with E-state index in [2.05, 4.69) is 21.0 Å². The minimum absolute atomic E-state index is 0.217. The van der Waals surface area contributed by atoms with Crippen molar-refractivity contribution in [1.29, 1.82) is 5.26 Å². The van der Waals surface area contributed by atoms with Crippen LogP contribution >= 0.6 is 11.5 Å². The molecule has 1 N–H and O–H groups in total. The van der Waals surface area contributed by atoms with E-state index >= 15 is 0 Å². The van der Waals surface area contributed by atoms with Crippen LogP contribution in [0.3, 0.4) is 0 Å². The van der Waals surface area contributed by atoms with Crippen molar-refractivity contribution in [2.24, 2.45) is 5.41 Å². The van der Waals surface area contributed by atoms with Gasteiger partial charge in [0.15, 0.2) is 0 Å². The second-order valence-electron chi connectivity index (χ2n) is 3.87. The number of nitrogens with zero attached hydrogens (tertiary/aromatic N) is 3. The highest BCUT2D eigenvalue weighted by Gasteiger charge is 2.20. The summed E-state index contributed by atoms with van der Waals surface area (Å²) in [4.78, 5) is 12.1. The molecule has 1 amide bonds. The van der Waals surface area contributed by atoms with Gasteiger partial charge < -0.3 is 5.32 Å². The van der Waals surface area contributed by atoms with Gasteiger partial charge in [-0.2, -0.15) is 5.26 Å². The Hall–Kier alpha value is -1.48. The first-order valence-corrected chi connectivity index (χ1v) is 5.22. The molecule has 0 radical (unpaired) electrons. The Bertz CT molecular complexity index is 404. The number of nitriles is 1. The average Bonchev–Trinajstić information content (AvgIpc) is 2.61. The minimum atomic E-state index is -0.554. The van der Waals surface area contributed by atoms with E-state index in [0.29, 0.717) is 17.1 Å².